The van der Waals surface area contributed by atoms with Crippen LogP contribution < -0.4 is 0 Å². The molecule has 18 heavy (non-hydrogen) atoms. The van der Waals surface area contributed by atoms with Gasteiger partial charge in [0, 0.05) is 11.1 Å². The van der Waals surface area contributed by atoms with Crippen molar-refractivity contribution in [3.63, 3.8) is 0 Å². The minimum atomic E-state index is -0.0823. The van der Waals surface area contributed by atoms with Gasteiger partial charge in [-0.05, 0) is 20.8 Å². The molecule has 92 valence electrons. The molecule has 0 N–H and O–H groups in total. The average molecular weight is 238 g/mol. The van der Waals surface area contributed by atoms with Crippen LogP contribution in [0.5, 0.6) is 0 Å². The van der Waals surface area contributed by atoms with Gasteiger partial charge in [-0.1, -0.05) is 60.7 Å². The van der Waals surface area contributed by atoms with E-state index in [-0.39, 0.29) is 5.54 Å². The summed E-state index contributed by atoms with van der Waals surface area (Å²) in [7, 11) is 0. The van der Waals surface area contributed by atoms with Crippen LogP contribution in [-0.4, -0.2) is 11.3 Å². The molecule has 0 amide bonds. The number of benzene rings is 2. The maximum absolute atomic E-state index is 4.87. The molecular formula is C17H19N. The van der Waals surface area contributed by atoms with Gasteiger partial charge >= 0.3 is 0 Å². The van der Waals surface area contributed by atoms with Gasteiger partial charge in [0.05, 0.1) is 11.3 Å². The summed E-state index contributed by atoms with van der Waals surface area (Å²) in [6, 6.07) is 20.7. The van der Waals surface area contributed by atoms with Crippen molar-refractivity contribution in [3.05, 3.63) is 71.8 Å². The van der Waals surface area contributed by atoms with Crippen molar-refractivity contribution >= 4 is 5.71 Å². The van der Waals surface area contributed by atoms with E-state index in [0.717, 1.165) is 5.71 Å². The van der Waals surface area contributed by atoms with Crippen LogP contribution in [0.2, 0.25) is 0 Å². The lowest BCUT2D eigenvalue weighted by Gasteiger charge is -2.16. The van der Waals surface area contributed by atoms with Crippen LogP contribution >= 0.6 is 0 Å². The predicted octanol–water partition coefficient (Wildman–Crippen LogP) is 4.32. The molecule has 0 atom stereocenters. The Morgan fingerprint density at radius 1 is 0.722 bits per heavy atom. The van der Waals surface area contributed by atoms with Gasteiger partial charge in [0.1, 0.15) is 0 Å². The Bertz CT molecular complexity index is 477. The third-order valence-electron chi connectivity index (χ3n) is 2.54. The summed E-state index contributed by atoms with van der Waals surface area (Å²) in [5.41, 5.74) is 3.31. The fraction of sp³-hybridized carbons (Fsp3) is 0.235. The number of nitrogens with zero attached hydrogens (tertiary/aromatic N) is 1. The van der Waals surface area contributed by atoms with Gasteiger partial charge in [0.25, 0.3) is 0 Å². The molecule has 0 saturated heterocycles. The smallest absolute Gasteiger partial charge is 0.0725 e. The SMILES string of the molecule is CC(C)(C)[15N]=C(c1ccccc1)c1ccccc1. The summed E-state index contributed by atoms with van der Waals surface area (Å²) in [5, 5.41) is 0. The molecule has 0 aromatic heterocycles. The molecule has 0 spiro atoms. The van der Waals surface area contributed by atoms with Crippen LogP contribution in [0.3, 0.4) is 0 Å². The molecule has 1 heteroatoms. The van der Waals surface area contributed by atoms with Gasteiger partial charge in [0.15, 0.2) is 0 Å². The number of hydrogen-bond donors (Lipinski definition) is 0. The molecule has 0 aliphatic carbocycles. The Morgan fingerprint density at radius 2 is 1.11 bits per heavy atom. The largest absolute Gasteiger partial charge is 0.278 e. The third kappa shape index (κ3) is 3.30. The van der Waals surface area contributed by atoms with E-state index in [1.807, 2.05) is 12.1 Å². The van der Waals surface area contributed by atoms with Crippen LogP contribution in [0.25, 0.3) is 0 Å². The van der Waals surface area contributed by atoms with Gasteiger partial charge in [-0.25, -0.2) is 0 Å². The van der Waals surface area contributed by atoms with Crippen molar-refractivity contribution in [2.24, 2.45) is 4.99 Å². The topological polar surface area (TPSA) is 12.4 Å². The molecule has 2 aromatic carbocycles. The average Bonchev–Trinajstić information content (AvgIpc) is 2.37. The van der Waals surface area contributed by atoms with Crippen LogP contribution in [0, 0.1) is 0 Å². The zero-order valence-electron chi connectivity index (χ0n) is 11.2. The highest BCUT2D eigenvalue weighted by Gasteiger charge is 2.12. The second-order valence-electron chi connectivity index (χ2n) is 5.36. The summed E-state index contributed by atoms with van der Waals surface area (Å²) >= 11 is 0. The fourth-order valence-corrected chi connectivity index (χ4v) is 1.82. The molecule has 1 nitrogen and oxygen atoms in total. The van der Waals surface area contributed by atoms with Crippen molar-refractivity contribution < 1.29 is 0 Å². The van der Waals surface area contributed by atoms with Gasteiger partial charge in [-0.3, -0.25) is 4.99 Å². The summed E-state index contributed by atoms with van der Waals surface area (Å²) in [5.74, 6) is 0. The maximum atomic E-state index is 4.87. The van der Waals surface area contributed by atoms with Crippen molar-refractivity contribution in [3.8, 4) is 0 Å². The molecule has 2 rings (SSSR count). The molecule has 0 radical (unpaired) electrons. The van der Waals surface area contributed by atoms with Crippen molar-refractivity contribution in [2.75, 3.05) is 0 Å². The monoisotopic (exact) mass is 238 g/mol. The molecule has 0 aliphatic heterocycles. The molecule has 0 heterocycles. The van der Waals surface area contributed by atoms with Gasteiger partial charge in [-0.2, -0.15) is 0 Å². The third-order valence-corrected chi connectivity index (χ3v) is 2.54. The van der Waals surface area contributed by atoms with E-state index in [2.05, 4.69) is 69.3 Å². The number of aliphatic imine (C=N–C) groups is 1. The van der Waals surface area contributed by atoms with Crippen LogP contribution in [0.1, 0.15) is 31.9 Å². The van der Waals surface area contributed by atoms with Crippen molar-refractivity contribution in [2.45, 2.75) is 26.3 Å². The second-order valence-corrected chi connectivity index (χ2v) is 5.36. The van der Waals surface area contributed by atoms with E-state index < -0.39 is 0 Å². The minimum Gasteiger partial charge on any atom is -0.278 e. The van der Waals surface area contributed by atoms with E-state index >= 15 is 0 Å². The molecule has 0 saturated carbocycles. The molecule has 0 unspecified atom stereocenters. The Kier molecular flexibility index (Phi) is 3.61. The molecule has 0 fully saturated rings. The van der Waals surface area contributed by atoms with Gasteiger partial charge in [-0.15, -0.1) is 0 Å². The molecule has 0 aliphatic rings. The highest BCUT2D eigenvalue weighted by molar-refractivity contribution is 6.13. The van der Waals surface area contributed by atoms with Crippen molar-refractivity contribution in [1.82, 2.24) is 0 Å². The standard InChI is InChI=1S/C17H19N/c1-17(2,3)18-16(14-10-6-4-7-11-14)15-12-8-5-9-13-15/h4-13H,1-3H3/i18+1. The van der Waals surface area contributed by atoms with E-state index in [4.69, 9.17) is 4.99 Å². The molecular weight excluding hydrogens is 219 g/mol. The highest BCUT2D eigenvalue weighted by atomic mass is 15.5. The zero-order chi connectivity index (χ0) is 13.0. The van der Waals surface area contributed by atoms with E-state index in [1.165, 1.54) is 11.1 Å². The van der Waals surface area contributed by atoms with E-state index in [9.17, 15) is 0 Å². The highest BCUT2D eigenvalue weighted by Crippen LogP contribution is 2.16. The van der Waals surface area contributed by atoms with E-state index in [0.29, 0.717) is 0 Å². The summed E-state index contributed by atoms with van der Waals surface area (Å²) in [4.78, 5) is 4.87. The van der Waals surface area contributed by atoms with Crippen LogP contribution in [0.4, 0.5) is 0 Å². The zero-order valence-corrected chi connectivity index (χ0v) is 11.2. The minimum absolute atomic E-state index is 0.0823. The first-order chi connectivity index (χ1) is 8.56. The number of hydrogen-bond acceptors (Lipinski definition) is 1. The summed E-state index contributed by atoms with van der Waals surface area (Å²) in [6.45, 7) is 6.37. The van der Waals surface area contributed by atoms with Gasteiger partial charge < -0.3 is 0 Å². The van der Waals surface area contributed by atoms with E-state index in [1.54, 1.807) is 0 Å². The Hall–Kier alpha value is -1.89. The lowest BCUT2D eigenvalue weighted by Crippen LogP contribution is -2.15. The fourth-order valence-electron chi connectivity index (χ4n) is 1.82. The molecule has 0 bridgehead atoms. The lowest BCUT2D eigenvalue weighted by molar-refractivity contribution is 0.584. The Morgan fingerprint density at radius 3 is 1.44 bits per heavy atom. The quantitative estimate of drug-likeness (QED) is 0.545. The summed E-state index contributed by atoms with van der Waals surface area (Å²) < 4.78 is 0. The van der Waals surface area contributed by atoms with Gasteiger partial charge in [0.2, 0.25) is 0 Å². The first-order valence-electron chi connectivity index (χ1n) is 6.27. The maximum Gasteiger partial charge on any atom is 0.0725 e. The second kappa shape index (κ2) is 5.18. The van der Waals surface area contributed by atoms with Crippen molar-refractivity contribution in [1.29, 1.82) is 0 Å². The first kappa shape index (κ1) is 12.6. The predicted molar refractivity (Wildman–Crippen MR) is 78.3 cm³/mol. The normalized spacial score (nSPS) is 11.1. The number of rotatable bonds is 2. The van der Waals surface area contributed by atoms with Crippen LogP contribution in [-0.2, 0) is 0 Å². The molecule has 2 aromatic rings. The lowest BCUT2D eigenvalue weighted by atomic mass is 10.0. The first-order valence-corrected chi connectivity index (χ1v) is 6.27. The summed E-state index contributed by atoms with van der Waals surface area (Å²) in [6.07, 6.45) is 0. The van der Waals surface area contributed by atoms with Crippen LogP contribution in [0.15, 0.2) is 65.7 Å². The Labute approximate surface area is 109 Å². The Balaban J connectivity index is 2.53.